The summed E-state index contributed by atoms with van der Waals surface area (Å²) in [6, 6.07) is 7.34. The van der Waals surface area contributed by atoms with Crippen molar-refractivity contribution in [2.24, 2.45) is 0 Å². The van der Waals surface area contributed by atoms with E-state index in [-0.39, 0.29) is 6.09 Å². The first-order valence-corrected chi connectivity index (χ1v) is 4.43. The molecule has 4 nitrogen and oxygen atoms in total. The number of amides is 1. The van der Waals surface area contributed by atoms with Crippen LogP contribution in [-0.2, 0) is 10.3 Å². The molecule has 1 aliphatic heterocycles. The summed E-state index contributed by atoms with van der Waals surface area (Å²) in [6.45, 7) is 2.37. The third-order valence-corrected chi connectivity index (χ3v) is 2.41. The maximum absolute atomic E-state index is 10.9. The quantitative estimate of drug-likeness (QED) is 0.657. The van der Waals surface area contributed by atoms with Crippen LogP contribution in [0.1, 0.15) is 12.5 Å². The summed E-state index contributed by atoms with van der Waals surface area (Å²) in [6.07, 6.45) is -0.371. The third-order valence-electron chi connectivity index (χ3n) is 2.41. The van der Waals surface area contributed by atoms with Gasteiger partial charge in [0.1, 0.15) is 0 Å². The predicted molar refractivity (Wildman–Crippen MR) is 52.7 cm³/mol. The van der Waals surface area contributed by atoms with Crippen molar-refractivity contribution < 1.29 is 9.53 Å². The maximum Gasteiger partial charge on any atom is 0.408 e. The molecule has 1 fully saturated rings. The molecule has 3 N–H and O–H groups in total. The van der Waals surface area contributed by atoms with Gasteiger partial charge in [0.2, 0.25) is 0 Å². The Kier molecular flexibility index (Phi) is 1.84. The molecule has 1 amide bonds. The van der Waals surface area contributed by atoms with Gasteiger partial charge in [-0.1, -0.05) is 12.1 Å². The fraction of sp³-hybridized carbons (Fsp3) is 0.300. The molecule has 74 valence electrons. The highest BCUT2D eigenvalue weighted by Crippen LogP contribution is 2.28. The lowest BCUT2D eigenvalue weighted by molar-refractivity contribution is 0.0704. The van der Waals surface area contributed by atoms with Gasteiger partial charge in [0.15, 0.2) is 5.60 Å². The average Bonchev–Trinajstić information content (AvgIpc) is 2.48. The van der Waals surface area contributed by atoms with Gasteiger partial charge in [-0.05, 0) is 24.6 Å². The first kappa shape index (κ1) is 8.87. The van der Waals surface area contributed by atoms with Crippen molar-refractivity contribution >= 4 is 11.8 Å². The number of rotatable bonds is 1. The predicted octanol–water partition coefficient (Wildman–Crippen LogP) is 1.22. The minimum atomic E-state index is -0.565. The van der Waals surface area contributed by atoms with Crippen molar-refractivity contribution in [2.75, 3.05) is 12.3 Å². The Morgan fingerprint density at radius 2 is 2.07 bits per heavy atom. The molecule has 1 aromatic carbocycles. The van der Waals surface area contributed by atoms with E-state index in [1.165, 1.54) is 0 Å². The number of ether oxygens (including phenoxy) is 1. The highest BCUT2D eigenvalue weighted by atomic mass is 16.6. The van der Waals surface area contributed by atoms with Gasteiger partial charge in [0.25, 0.3) is 0 Å². The minimum absolute atomic E-state index is 0.371. The Hall–Kier alpha value is -1.71. The maximum atomic E-state index is 10.9. The van der Waals surface area contributed by atoms with Crippen molar-refractivity contribution in [2.45, 2.75) is 12.5 Å². The van der Waals surface area contributed by atoms with Crippen molar-refractivity contribution in [3.63, 3.8) is 0 Å². The fourth-order valence-corrected chi connectivity index (χ4v) is 1.51. The molecule has 1 saturated heterocycles. The van der Waals surface area contributed by atoms with Crippen molar-refractivity contribution in [1.29, 1.82) is 0 Å². The van der Waals surface area contributed by atoms with E-state index in [9.17, 15) is 4.79 Å². The molecular formula is C10H12N2O2. The molecule has 1 aliphatic rings. The molecule has 0 spiro atoms. The number of hydrogen-bond acceptors (Lipinski definition) is 3. The van der Waals surface area contributed by atoms with Gasteiger partial charge in [-0.2, -0.15) is 0 Å². The Bertz CT molecular complexity index is 361. The Balaban J connectivity index is 2.30. The number of carbonyl (C=O) groups excluding carboxylic acids is 1. The van der Waals surface area contributed by atoms with Crippen LogP contribution in [0.15, 0.2) is 24.3 Å². The van der Waals surface area contributed by atoms with E-state index in [0.717, 1.165) is 5.56 Å². The molecular weight excluding hydrogens is 180 g/mol. The van der Waals surface area contributed by atoms with Crippen molar-refractivity contribution in [1.82, 2.24) is 5.32 Å². The second-order valence-electron chi connectivity index (χ2n) is 3.60. The second kappa shape index (κ2) is 2.90. The number of nitrogens with two attached hydrogens (primary N) is 1. The van der Waals surface area contributed by atoms with E-state index in [4.69, 9.17) is 10.5 Å². The Labute approximate surface area is 82.1 Å². The minimum Gasteiger partial charge on any atom is -0.436 e. The molecule has 0 bridgehead atoms. The largest absolute Gasteiger partial charge is 0.436 e. The zero-order valence-electron chi connectivity index (χ0n) is 7.91. The SMILES string of the molecule is CC1(c2ccc(N)cc2)CNC(=O)O1. The Morgan fingerprint density at radius 1 is 1.43 bits per heavy atom. The zero-order chi connectivity index (χ0) is 10.2. The molecule has 2 rings (SSSR count). The monoisotopic (exact) mass is 192 g/mol. The summed E-state index contributed by atoms with van der Waals surface area (Å²) in [5.41, 5.74) is 6.66. The van der Waals surface area contributed by atoms with Crippen LogP contribution in [0.25, 0.3) is 0 Å². The van der Waals surface area contributed by atoms with E-state index in [2.05, 4.69) is 5.32 Å². The van der Waals surface area contributed by atoms with E-state index in [1.54, 1.807) is 12.1 Å². The van der Waals surface area contributed by atoms with Crippen molar-refractivity contribution in [3.05, 3.63) is 29.8 Å². The van der Waals surface area contributed by atoms with E-state index < -0.39 is 5.60 Å². The van der Waals surface area contributed by atoms with Crippen molar-refractivity contribution in [3.8, 4) is 0 Å². The normalized spacial score (nSPS) is 25.6. The molecule has 1 aromatic rings. The lowest BCUT2D eigenvalue weighted by Gasteiger charge is -2.21. The lowest BCUT2D eigenvalue weighted by Crippen LogP contribution is -2.26. The van der Waals surface area contributed by atoms with Crippen LogP contribution in [0.5, 0.6) is 0 Å². The van der Waals surface area contributed by atoms with Crippen LogP contribution >= 0.6 is 0 Å². The molecule has 4 heteroatoms. The van der Waals surface area contributed by atoms with Crippen LogP contribution < -0.4 is 11.1 Å². The Morgan fingerprint density at radius 3 is 2.57 bits per heavy atom. The number of nitrogens with one attached hydrogen (secondary N) is 1. The first-order chi connectivity index (χ1) is 6.60. The molecule has 14 heavy (non-hydrogen) atoms. The summed E-state index contributed by atoms with van der Waals surface area (Å²) in [7, 11) is 0. The van der Waals surface area contributed by atoms with Gasteiger partial charge in [-0.3, -0.25) is 0 Å². The zero-order valence-corrected chi connectivity index (χ0v) is 7.91. The standard InChI is InChI=1S/C10H12N2O2/c1-10(6-12-9(13)14-10)7-2-4-8(11)5-3-7/h2-5H,6,11H2,1H3,(H,12,13). The molecule has 0 radical (unpaired) electrons. The smallest absolute Gasteiger partial charge is 0.408 e. The number of nitrogen functional groups attached to an aromatic ring is 1. The summed E-state index contributed by atoms with van der Waals surface area (Å²) in [4.78, 5) is 10.9. The van der Waals surface area contributed by atoms with Crippen LogP contribution in [0.3, 0.4) is 0 Å². The van der Waals surface area contributed by atoms with Gasteiger partial charge in [0, 0.05) is 5.69 Å². The first-order valence-electron chi connectivity index (χ1n) is 4.43. The third kappa shape index (κ3) is 1.39. The van der Waals surface area contributed by atoms with E-state index >= 15 is 0 Å². The molecule has 1 atom stereocenters. The lowest BCUT2D eigenvalue weighted by atomic mass is 9.96. The summed E-state index contributed by atoms with van der Waals surface area (Å²) < 4.78 is 5.18. The number of hydrogen-bond donors (Lipinski definition) is 2. The van der Waals surface area contributed by atoms with Crippen LogP contribution in [0.4, 0.5) is 10.5 Å². The van der Waals surface area contributed by atoms with Gasteiger partial charge in [-0.15, -0.1) is 0 Å². The fourth-order valence-electron chi connectivity index (χ4n) is 1.51. The molecule has 0 aliphatic carbocycles. The number of alkyl carbamates (subject to hydrolysis) is 1. The number of benzene rings is 1. The van der Waals surface area contributed by atoms with Crippen LogP contribution in [0.2, 0.25) is 0 Å². The van der Waals surface area contributed by atoms with Crippen LogP contribution in [0, 0.1) is 0 Å². The number of cyclic esters (lactones) is 1. The van der Waals surface area contributed by atoms with Gasteiger partial charge in [-0.25, -0.2) is 4.79 Å². The molecule has 1 unspecified atom stereocenters. The molecule has 0 aromatic heterocycles. The van der Waals surface area contributed by atoms with E-state index in [0.29, 0.717) is 12.2 Å². The molecule has 1 heterocycles. The van der Waals surface area contributed by atoms with Gasteiger partial charge in [0.05, 0.1) is 6.54 Å². The van der Waals surface area contributed by atoms with Gasteiger partial charge >= 0.3 is 6.09 Å². The highest BCUT2D eigenvalue weighted by molar-refractivity contribution is 5.70. The van der Waals surface area contributed by atoms with Gasteiger partial charge < -0.3 is 15.8 Å². The average molecular weight is 192 g/mol. The van der Waals surface area contributed by atoms with E-state index in [1.807, 2.05) is 19.1 Å². The summed E-state index contributed by atoms with van der Waals surface area (Å²) in [5, 5.41) is 2.63. The molecule has 0 saturated carbocycles. The summed E-state index contributed by atoms with van der Waals surface area (Å²) >= 11 is 0. The topological polar surface area (TPSA) is 64.3 Å². The highest BCUT2D eigenvalue weighted by Gasteiger charge is 2.37. The number of carbonyl (C=O) groups is 1. The summed E-state index contributed by atoms with van der Waals surface area (Å²) in [5.74, 6) is 0. The second-order valence-corrected chi connectivity index (χ2v) is 3.60. The van der Waals surface area contributed by atoms with Crippen LogP contribution in [-0.4, -0.2) is 12.6 Å². The number of anilines is 1.